The standard InChI is InChI=1S/C24H20N2O6/c27-22(25-26-24(29)21-14-31-19-8-4-5-9-20(19)32-21)15-30-18-12-10-17(11-13-18)23(28)16-6-2-1-3-7-16/h1-13,21H,14-15H2,(H,25,27)(H,26,29)/t21-/m0/s1. The number of hydrazine groups is 1. The highest BCUT2D eigenvalue weighted by Gasteiger charge is 2.27. The van der Waals surface area contributed by atoms with Crippen molar-refractivity contribution in [2.45, 2.75) is 6.10 Å². The zero-order valence-corrected chi connectivity index (χ0v) is 16.9. The molecule has 2 N–H and O–H groups in total. The van der Waals surface area contributed by atoms with E-state index < -0.39 is 17.9 Å². The van der Waals surface area contributed by atoms with Crippen LogP contribution in [0.2, 0.25) is 0 Å². The maximum Gasteiger partial charge on any atom is 0.283 e. The third-order valence-electron chi connectivity index (χ3n) is 4.65. The van der Waals surface area contributed by atoms with Crippen molar-refractivity contribution in [1.29, 1.82) is 0 Å². The molecule has 0 spiro atoms. The molecule has 32 heavy (non-hydrogen) atoms. The van der Waals surface area contributed by atoms with Crippen molar-refractivity contribution in [3.05, 3.63) is 90.0 Å². The molecule has 3 aromatic carbocycles. The number of para-hydroxylation sites is 2. The van der Waals surface area contributed by atoms with Crippen LogP contribution in [0.5, 0.6) is 17.2 Å². The number of amides is 2. The number of hydrogen-bond acceptors (Lipinski definition) is 6. The molecule has 4 rings (SSSR count). The van der Waals surface area contributed by atoms with Gasteiger partial charge in [-0.25, -0.2) is 0 Å². The normalized spacial score (nSPS) is 14.2. The lowest BCUT2D eigenvalue weighted by Gasteiger charge is -2.25. The van der Waals surface area contributed by atoms with E-state index in [4.69, 9.17) is 14.2 Å². The largest absolute Gasteiger partial charge is 0.485 e. The summed E-state index contributed by atoms with van der Waals surface area (Å²) in [6, 6.07) is 22.4. The van der Waals surface area contributed by atoms with Crippen LogP contribution in [-0.2, 0) is 9.59 Å². The summed E-state index contributed by atoms with van der Waals surface area (Å²) in [4.78, 5) is 36.6. The molecule has 0 aliphatic carbocycles. The number of benzene rings is 3. The third kappa shape index (κ3) is 5.04. The molecule has 0 fully saturated rings. The van der Waals surface area contributed by atoms with Gasteiger partial charge in [0.25, 0.3) is 11.8 Å². The van der Waals surface area contributed by atoms with Gasteiger partial charge in [0.15, 0.2) is 23.9 Å². The van der Waals surface area contributed by atoms with Crippen LogP contribution in [-0.4, -0.2) is 36.9 Å². The summed E-state index contributed by atoms with van der Waals surface area (Å²) < 4.78 is 16.4. The van der Waals surface area contributed by atoms with E-state index in [9.17, 15) is 14.4 Å². The number of fused-ring (bicyclic) bond motifs is 1. The SMILES string of the molecule is O=C(COc1ccc(C(=O)c2ccccc2)cc1)NNC(=O)[C@@H]1COc2ccccc2O1. The van der Waals surface area contributed by atoms with Crippen molar-refractivity contribution in [3.63, 3.8) is 0 Å². The Labute approximate surface area is 184 Å². The number of rotatable bonds is 6. The van der Waals surface area contributed by atoms with Crippen LogP contribution in [0.15, 0.2) is 78.9 Å². The highest BCUT2D eigenvalue weighted by molar-refractivity contribution is 6.09. The summed E-state index contributed by atoms with van der Waals surface area (Å²) >= 11 is 0. The first kappa shape index (κ1) is 20.9. The summed E-state index contributed by atoms with van der Waals surface area (Å²) in [7, 11) is 0. The Morgan fingerprint density at radius 2 is 1.47 bits per heavy atom. The zero-order chi connectivity index (χ0) is 22.3. The molecule has 2 amide bonds. The lowest BCUT2D eigenvalue weighted by atomic mass is 10.0. The summed E-state index contributed by atoms with van der Waals surface area (Å²) in [5, 5.41) is 0. The molecule has 0 bridgehead atoms. The van der Waals surface area contributed by atoms with Gasteiger partial charge in [-0.1, -0.05) is 42.5 Å². The second-order valence-corrected chi connectivity index (χ2v) is 6.91. The van der Waals surface area contributed by atoms with Gasteiger partial charge in [-0.15, -0.1) is 0 Å². The average Bonchev–Trinajstić information content (AvgIpc) is 2.86. The molecule has 1 heterocycles. The Bertz CT molecular complexity index is 1110. The Kier molecular flexibility index (Phi) is 6.31. The van der Waals surface area contributed by atoms with Crippen molar-refractivity contribution in [2.75, 3.05) is 13.2 Å². The fraction of sp³-hybridized carbons (Fsp3) is 0.125. The van der Waals surface area contributed by atoms with Crippen LogP contribution in [0.4, 0.5) is 0 Å². The first-order valence-electron chi connectivity index (χ1n) is 9.90. The Hall–Kier alpha value is -4.33. The van der Waals surface area contributed by atoms with Gasteiger partial charge in [-0.3, -0.25) is 25.2 Å². The van der Waals surface area contributed by atoms with Crippen LogP contribution in [0, 0.1) is 0 Å². The van der Waals surface area contributed by atoms with E-state index in [2.05, 4.69) is 10.9 Å². The second kappa shape index (κ2) is 9.65. The second-order valence-electron chi connectivity index (χ2n) is 6.91. The molecule has 1 atom stereocenters. The minimum atomic E-state index is -0.888. The minimum Gasteiger partial charge on any atom is -0.485 e. The predicted octanol–water partition coefficient (Wildman–Crippen LogP) is 2.28. The van der Waals surface area contributed by atoms with E-state index in [-0.39, 0.29) is 19.0 Å². The van der Waals surface area contributed by atoms with Gasteiger partial charge >= 0.3 is 0 Å². The molecule has 162 valence electrons. The summed E-state index contributed by atoms with van der Waals surface area (Å²) in [6.07, 6.45) is -0.888. The molecule has 1 aliphatic heterocycles. The topological polar surface area (TPSA) is 103 Å². The number of ether oxygens (including phenoxy) is 3. The zero-order valence-electron chi connectivity index (χ0n) is 16.9. The highest BCUT2D eigenvalue weighted by atomic mass is 16.6. The monoisotopic (exact) mass is 432 g/mol. The van der Waals surface area contributed by atoms with Gasteiger partial charge in [-0.05, 0) is 36.4 Å². The van der Waals surface area contributed by atoms with Gasteiger partial charge in [0.1, 0.15) is 12.4 Å². The molecule has 3 aromatic rings. The molecule has 8 nitrogen and oxygen atoms in total. The summed E-state index contributed by atoms with van der Waals surface area (Å²) in [6.45, 7) is -0.291. The molecular weight excluding hydrogens is 412 g/mol. The molecule has 0 saturated carbocycles. The van der Waals surface area contributed by atoms with Gasteiger partial charge in [0.05, 0.1) is 0 Å². The molecule has 0 unspecified atom stereocenters. The smallest absolute Gasteiger partial charge is 0.283 e. The van der Waals surface area contributed by atoms with E-state index in [0.717, 1.165) is 0 Å². The lowest BCUT2D eigenvalue weighted by Crippen LogP contribution is -2.51. The molecule has 0 aromatic heterocycles. The number of ketones is 1. The van der Waals surface area contributed by atoms with Gasteiger partial charge in [-0.2, -0.15) is 0 Å². The van der Waals surface area contributed by atoms with Gasteiger partial charge in [0.2, 0.25) is 6.10 Å². The quantitative estimate of drug-likeness (QED) is 0.458. The van der Waals surface area contributed by atoms with Crippen LogP contribution in [0.1, 0.15) is 15.9 Å². The minimum absolute atomic E-state index is 0.0310. The fourth-order valence-electron chi connectivity index (χ4n) is 3.00. The van der Waals surface area contributed by atoms with Crippen molar-refractivity contribution >= 4 is 17.6 Å². The number of nitrogens with one attached hydrogen (secondary N) is 2. The van der Waals surface area contributed by atoms with Crippen LogP contribution in [0.25, 0.3) is 0 Å². The van der Waals surface area contributed by atoms with Crippen molar-refractivity contribution in [2.24, 2.45) is 0 Å². The highest BCUT2D eigenvalue weighted by Crippen LogP contribution is 2.30. The van der Waals surface area contributed by atoms with Crippen molar-refractivity contribution in [3.8, 4) is 17.2 Å². The van der Waals surface area contributed by atoms with Crippen molar-refractivity contribution in [1.82, 2.24) is 10.9 Å². The third-order valence-corrected chi connectivity index (χ3v) is 4.65. The number of carbonyl (C=O) groups is 3. The molecular formula is C24H20N2O6. The molecule has 1 aliphatic rings. The molecule has 0 radical (unpaired) electrons. The fourth-order valence-corrected chi connectivity index (χ4v) is 3.00. The van der Waals surface area contributed by atoms with E-state index in [0.29, 0.717) is 28.4 Å². The van der Waals surface area contributed by atoms with Gasteiger partial charge in [0, 0.05) is 11.1 Å². The summed E-state index contributed by atoms with van der Waals surface area (Å²) in [5.41, 5.74) is 5.67. The maximum absolute atomic E-state index is 12.4. The first-order valence-corrected chi connectivity index (χ1v) is 9.90. The number of carbonyl (C=O) groups excluding carboxylic acids is 3. The summed E-state index contributed by atoms with van der Waals surface area (Å²) in [5.74, 6) is 0.232. The lowest BCUT2D eigenvalue weighted by molar-refractivity contribution is -0.135. The maximum atomic E-state index is 12.4. The van der Waals surface area contributed by atoms with E-state index in [1.54, 1.807) is 72.8 Å². The van der Waals surface area contributed by atoms with Crippen LogP contribution >= 0.6 is 0 Å². The molecule has 8 heteroatoms. The molecule has 0 saturated heterocycles. The van der Waals surface area contributed by atoms with Crippen LogP contribution in [0.3, 0.4) is 0 Å². The van der Waals surface area contributed by atoms with Crippen molar-refractivity contribution < 1.29 is 28.6 Å². The predicted molar refractivity (Wildman–Crippen MR) is 114 cm³/mol. The van der Waals surface area contributed by atoms with Gasteiger partial charge < -0.3 is 14.2 Å². The Morgan fingerprint density at radius 3 is 2.22 bits per heavy atom. The van der Waals surface area contributed by atoms with E-state index >= 15 is 0 Å². The van der Waals surface area contributed by atoms with E-state index in [1.165, 1.54) is 0 Å². The van der Waals surface area contributed by atoms with E-state index in [1.807, 2.05) is 6.07 Å². The Balaban J connectivity index is 1.22. The Morgan fingerprint density at radius 1 is 0.812 bits per heavy atom. The first-order chi connectivity index (χ1) is 15.6. The average molecular weight is 432 g/mol. The van der Waals surface area contributed by atoms with Crippen LogP contribution < -0.4 is 25.1 Å². The number of hydrogen-bond donors (Lipinski definition) is 2.